The molecule has 0 unspecified atom stereocenters. The molecule has 0 radical (unpaired) electrons. The Labute approximate surface area is 148 Å². The highest BCUT2D eigenvalue weighted by molar-refractivity contribution is 5.76. The summed E-state index contributed by atoms with van der Waals surface area (Å²) in [6.45, 7) is 3.63. The van der Waals surface area contributed by atoms with Gasteiger partial charge in [0.2, 0.25) is 5.91 Å². The van der Waals surface area contributed by atoms with Crippen molar-refractivity contribution in [1.82, 2.24) is 14.5 Å². The van der Waals surface area contributed by atoms with E-state index >= 15 is 0 Å². The number of hydrogen-bond acceptors (Lipinski definition) is 3. The molecular weight excluding hydrogens is 314 g/mol. The average molecular weight is 339 g/mol. The molecule has 1 aromatic carbocycles. The molecular formula is C20H25N3O2. The van der Waals surface area contributed by atoms with Gasteiger partial charge in [-0.1, -0.05) is 30.3 Å². The molecule has 1 saturated heterocycles. The Morgan fingerprint density at radius 3 is 2.84 bits per heavy atom. The Balaban J connectivity index is 1.53. The summed E-state index contributed by atoms with van der Waals surface area (Å²) in [6.07, 6.45) is 6.45. The van der Waals surface area contributed by atoms with Gasteiger partial charge in [0.05, 0.1) is 5.60 Å². The number of benzene rings is 1. The zero-order valence-electron chi connectivity index (χ0n) is 14.6. The number of aliphatic hydroxyl groups is 1. The smallest absolute Gasteiger partial charge is 0.242 e. The molecule has 2 aliphatic rings. The molecule has 2 aromatic rings. The second kappa shape index (κ2) is 6.30. The Morgan fingerprint density at radius 2 is 2.12 bits per heavy atom. The minimum Gasteiger partial charge on any atom is -0.385 e. The third-order valence-electron chi connectivity index (χ3n) is 6.04. The van der Waals surface area contributed by atoms with Crippen LogP contribution in [0.25, 0.3) is 0 Å². The van der Waals surface area contributed by atoms with Crippen molar-refractivity contribution < 1.29 is 9.90 Å². The summed E-state index contributed by atoms with van der Waals surface area (Å²) in [7, 11) is 0. The molecule has 1 amide bonds. The molecule has 25 heavy (non-hydrogen) atoms. The molecule has 2 heterocycles. The van der Waals surface area contributed by atoms with Crippen molar-refractivity contribution in [2.45, 2.75) is 38.3 Å². The Kier molecular flexibility index (Phi) is 4.12. The van der Waals surface area contributed by atoms with E-state index < -0.39 is 5.60 Å². The quantitative estimate of drug-likeness (QED) is 0.934. The van der Waals surface area contributed by atoms with Crippen molar-refractivity contribution in [3.8, 4) is 0 Å². The molecule has 2 fully saturated rings. The number of fused-ring (bicyclic) bond motifs is 1. The van der Waals surface area contributed by atoms with Gasteiger partial charge in [-0.05, 0) is 37.7 Å². The summed E-state index contributed by atoms with van der Waals surface area (Å²) in [5.41, 5.74) is 0.175. The van der Waals surface area contributed by atoms with Gasteiger partial charge in [0.25, 0.3) is 0 Å². The van der Waals surface area contributed by atoms with Gasteiger partial charge in [0, 0.05) is 31.4 Å². The van der Waals surface area contributed by atoms with Crippen LogP contribution in [0.15, 0.2) is 42.7 Å². The van der Waals surface area contributed by atoms with Gasteiger partial charge in [-0.25, -0.2) is 4.98 Å². The van der Waals surface area contributed by atoms with Crippen LogP contribution in [0.1, 0.15) is 30.7 Å². The van der Waals surface area contributed by atoms with E-state index in [9.17, 15) is 9.90 Å². The number of imidazole rings is 1. The fraction of sp³-hybridized carbons (Fsp3) is 0.500. The Bertz CT molecular complexity index is 757. The standard InChI is InChI=1S/C20H25N3O2/c1-15-21-10-11-22(15)14-19(24)23-12-16-6-5-9-20(25,18(16)13-23)17-7-3-2-4-8-17/h2-4,7-8,10-11,16,18,25H,5-6,9,12-14H2,1H3/t16-,18+,20+/m1/s1. The molecule has 5 heteroatoms. The number of nitrogens with zero attached hydrogens (tertiary/aromatic N) is 3. The summed E-state index contributed by atoms with van der Waals surface area (Å²) in [4.78, 5) is 18.9. The summed E-state index contributed by atoms with van der Waals surface area (Å²) >= 11 is 0. The van der Waals surface area contributed by atoms with Crippen LogP contribution in [-0.4, -0.2) is 38.6 Å². The first kappa shape index (κ1) is 16.3. The number of carbonyl (C=O) groups is 1. The minimum atomic E-state index is -0.815. The molecule has 5 nitrogen and oxygen atoms in total. The average Bonchev–Trinajstić information content (AvgIpc) is 3.23. The van der Waals surface area contributed by atoms with Crippen LogP contribution in [0.3, 0.4) is 0 Å². The maximum Gasteiger partial charge on any atom is 0.242 e. The molecule has 1 N–H and O–H groups in total. The van der Waals surface area contributed by atoms with Crippen LogP contribution in [0.5, 0.6) is 0 Å². The Morgan fingerprint density at radius 1 is 1.32 bits per heavy atom. The van der Waals surface area contributed by atoms with Gasteiger partial charge in [-0.15, -0.1) is 0 Å². The van der Waals surface area contributed by atoms with Gasteiger partial charge in [0.1, 0.15) is 12.4 Å². The van der Waals surface area contributed by atoms with Gasteiger partial charge in [-0.3, -0.25) is 4.79 Å². The molecule has 132 valence electrons. The van der Waals surface area contributed by atoms with Crippen LogP contribution in [-0.2, 0) is 16.9 Å². The third kappa shape index (κ3) is 2.86. The fourth-order valence-corrected chi connectivity index (χ4v) is 4.63. The van der Waals surface area contributed by atoms with Gasteiger partial charge < -0.3 is 14.6 Å². The summed E-state index contributed by atoms with van der Waals surface area (Å²) < 4.78 is 1.88. The predicted octanol–water partition coefficient (Wildman–Crippen LogP) is 2.34. The second-order valence-electron chi connectivity index (χ2n) is 7.45. The first-order chi connectivity index (χ1) is 12.1. The monoisotopic (exact) mass is 339 g/mol. The van der Waals surface area contributed by atoms with E-state index in [-0.39, 0.29) is 11.8 Å². The molecule has 1 saturated carbocycles. The highest BCUT2D eigenvalue weighted by atomic mass is 16.3. The van der Waals surface area contributed by atoms with E-state index in [1.165, 1.54) is 0 Å². The lowest BCUT2D eigenvalue weighted by molar-refractivity contribution is -0.131. The largest absolute Gasteiger partial charge is 0.385 e. The lowest BCUT2D eigenvalue weighted by atomic mass is 9.67. The van der Waals surface area contributed by atoms with E-state index in [0.717, 1.165) is 37.2 Å². The van der Waals surface area contributed by atoms with E-state index in [1.54, 1.807) is 6.20 Å². The van der Waals surface area contributed by atoms with E-state index in [4.69, 9.17) is 0 Å². The lowest BCUT2D eigenvalue weighted by Crippen LogP contribution is -2.43. The number of rotatable bonds is 3. The van der Waals surface area contributed by atoms with Crippen molar-refractivity contribution in [3.05, 3.63) is 54.1 Å². The first-order valence-corrected chi connectivity index (χ1v) is 9.11. The van der Waals surface area contributed by atoms with Gasteiger partial charge >= 0.3 is 0 Å². The fourth-order valence-electron chi connectivity index (χ4n) is 4.63. The van der Waals surface area contributed by atoms with Crippen LogP contribution in [0.4, 0.5) is 0 Å². The predicted molar refractivity (Wildman–Crippen MR) is 94.7 cm³/mol. The van der Waals surface area contributed by atoms with Crippen molar-refractivity contribution in [2.24, 2.45) is 11.8 Å². The van der Waals surface area contributed by atoms with Crippen LogP contribution in [0.2, 0.25) is 0 Å². The van der Waals surface area contributed by atoms with Crippen molar-refractivity contribution in [2.75, 3.05) is 13.1 Å². The lowest BCUT2D eigenvalue weighted by Gasteiger charge is -2.41. The third-order valence-corrected chi connectivity index (χ3v) is 6.04. The molecule has 4 rings (SSSR count). The van der Waals surface area contributed by atoms with E-state index in [2.05, 4.69) is 4.98 Å². The van der Waals surface area contributed by atoms with E-state index in [0.29, 0.717) is 19.0 Å². The molecule has 1 aliphatic heterocycles. The number of aryl methyl sites for hydroxylation is 1. The van der Waals surface area contributed by atoms with Crippen LogP contribution < -0.4 is 0 Å². The maximum atomic E-state index is 12.8. The van der Waals surface area contributed by atoms with Crippen molar-refractivity contribution >= 4 is 5.91 Å². The maximum absolute atomic E-state index is 12.8. The highest BCUT2D eigenvalue weighted by Crippen LogP contribution is 2.48. The zero-order valence-corrected chi connectivity index (χ0v) is 14.6. The Hall–Kier alpha value is -2.14. The number of likely N-dealkylation sites (tertiary alicyclic amines) is 1. The first-order valence-electron chi connectivity index (χ1n) is 9.11. The van der Waals surface area contributed by atoms with E-state index in [1.807, 2.05) is 52.9 Å². The van der Waals surface area contributed by atoms with Crippen LogP contribution in [0, 0.1) is 18.8 Å². The molecule has 1 aliphatic carbocycles. The van der Waals surface area contributed by atoms with Crippen molar-refractivity contribution in [1.29, 1.82) is 0 Å². The number of carbonyl (C=O) groups excluding carboxylic acids is 1. The minimum absolute atomic E-state index is 0.117. The molecule has 0 spiro atoms. The van der Waals surface area contributed by atoms with Crippen molar-refractivity contribution in [3.63, 3.8) is 0 Å². The van der Waals surface area contributed by atoms with Gasteiger partial charge in [0.15, 0.2) is 0 Å². The number of hydrogen-bond donors (Lipinski definition) is 1. The number of amides is 1. The summed E-state index contributed by atoms with van der Waals surface area (Å²) in [6, 6.07) is 9.97. The summed E-state index contributed by atoms with van der Waals surface area (Å²) in [5.74, 6) is 1.47. The topological polar surface area (TPSA) is 58.4 Å². The molecule has 1 aromatic heterocycles. The van der Waals surface area contributed by atoms with Gasteiger partial charge in [-0.2, -0.15) is 0 Å². The van der Waals surface area contributed by atoms with Crippen LogP contribution >= 0.6 is 0 Å². The highest BCUT2D eigenvalue weighted by Gasteiger charge is 2.50. The summed E-state index contributed by atoms with van der Waals surface area (Å²) in [5, 5.41) is 11.5. The second-order valence-corrected chi connectivity index (χ2v) is 7.45. The normalized spacial score (nSPS) is 28.8. The number of aromatic nitrogens is 2. The molecule has 0 bridgehead atoms. The SMILES string of the molecule is Cc1nccn1CC(=O)N1C[C@H]2CCC[C@](O)(c3ccccc3)[C@H]2C1. The molecule has 3 atom stereocenters. The zero-order chi connectivity index (χ0) is 17.4.